The van der Waals surface area contributed by atoms with Gasteiger partial charge >= 0.3 is 6.03 Å². The third-order valence-electron chi connectivity index (χ3n) is 5.32. The van der Waals surface area contributed by atoms with E-state index in [1.165, 1.54) is 0 Å². The highest BCUT2D eigenvalue weighted by molar-refractivity contribution is 6.30. The maximum Gasteiger partial charge on any atom is 0.318 e. The first-order valence-corrected chi connectivity index (χ1v) is 10.4. The number of amides is 3. The van der Waals surface area contributed by atoms with Crippen LogP contribution in [-0.4, -0.2) is 41.4 Å². The molecule has 0 bridgehead atoms. The summed E-state index contributed by atoms with van der Waals surface area (Å²) in [7, 11) is 1.77. The molecule has 1 aromatic carbocycles. The lowest BCUT2D eigenvalue weighted by atomic mass is 10.1. The van der Waals surface area contributed by atoms with E-state index in [0.717, 1.165) is 23.5 Å². The summed E-state index contributed by atoms with van der Waals surface area (Å²) >= 11 is 5.93. The maximum absolute atomic E-state index is 13.0. The lowest BCUT2D eigenvalue weighted by Crippen LogP contribution is -2.50. The van der Waals surface area contributed by atoms with Gasteiger partial charge in [-0.25, -0.2) is 4.79 Å². The second kappa shape index (κ2) is 9.35. The monoisotopic (exact) mass is 417 g/mol. The van der Waals surface area contributed by atoms with E-state index in [1.54, 1.807) is 16.8 Å². The van der Waals surface area contributed by atoms with E-state index in [0.29, 0.717) is 31.0 Å². The highest BCUT2D eigenvalue weighted by atomic mass is 35.5. The smallest absolute Gasteiger partial charge is 0.318 e. The summed E-state index contributed by atoms with van der Waals surface area (Å²) in [5, 5.41) is 3.69. The van der Waals surface area contributed by atoms with Crippen molar-refractivity contribution in [1.29, 1.82) is 0 Å². The Balaban J connectivity index is 1.63. The van der Waals surface area contributed by atoms with Gasteiger partial charge in [0.05, 0.1) is 6.04 Å². The number of likely N-dealkylation sites (tertiary alicyclic amines) is 1. The van der Waals surface area contributed by atoms with Crippen LogP contribution in [0.1, 0.15) is 49.3 Å². The van der Waals surface area contributed by atoms with E-state index in [-0.39, 0.29) is 18.0 Å². The van der Waals surface area contributed by atoms with E-state index >= 15 is 0 Å². The van der Waals surface area contributed by atoms with Crippen molar-refractivity contribution in [3.8, 4) is 0 Å². The number of hydrogen-bond donors (Lipinski definition) is 1. The Labute approximate surface area is 176 Å². The Hall–Kier alpha value is -2.47. The second-order valence-corrected chi connectivity index (χ2v) is 7.97. The molecule has 3 amide bonds. The molecule has 6 nitrogen and oxygen atoms in total. The van der Waals surface area contributed by atoms with E-state index in [9.17, 15) is 9.59 Å². The van der Waals surface area contributed by atoms with Crippen LogP contribution < -0.4 is 5.32 Å². The van der Waals surface area contributed by atoms with Crippen LogP contribution in [0.3, 0.4) is 0 Å². The molecule has 1 aromatic heterocycles. The lowest BCUT2D eigenvalue weighted by molar-refractivity contribution is -0.134. The number of aryl methyl sites for hydroxylation is 1. The van der Waals surface area contributed by atoms with Crippen LogP contribution in [0.4, 0.5) is 4.79 Å². The molecule has 3 rings (SSSR count). The first-order valence-electron chi connectivity index (χ1n) is 10.0. The van der Waals surface area contributed by atoms with Crippen LogP contribution in [0.2, 0.25) is 5.02 Å². The van der Waals surface area contributed by atoms with Gasteiger partial charge in [-0.2, -0.15) is 0 Å². The molecule has 0 aliphatic carbocycles. The largest absolute Gasteiger partial charge is 0.464 e. The lowest BCUT2D eigenvalue weighted by Gasteiger charge is -2.29. The van der Waals surface area contributed by atoms with Gasteiger partial charge in [-0.1, -0.05) is 30.7 Å². The Kier molecular flexibility index (Phi) is 6.85. The third-order valence-corrected chi connectivity index (χ3v) is 5.57. The molecule has 1 aliphatic rings. The fraction of sp³-hybridized carbons (Fsp3) is 0.455. The minimum Gasteiger partial charge on any atom is -0.464 e. The van der Waals surface area contributed by atoms with Crippen molar-refractivity contribution >= 4 is 23.5 Å². The van der Waals surface area contributed by atoms with Crippen molar-refractivity contribution in [3.63, 3.8) is 0 Å². The predicted molar refractivity (Wildman–Crippen MR) is 113 cm³/mol. The Morgan fingerprint density at radius 1 is 1.28 bits per heavy atom. The van der Waals surface area contributed by atoms with Crippen LogP contribution in [0.15, 0.2) is 40.8 Å². The van der Waals surface area contributed by atoms with Crippen molar-refractivity contribution in [3.05, 3.63) is 58.5 Å². The number of likely N-dealkylation sites (N-methyl/N-ethyl adjacent to an activating group) is 1. The molecule has 1 fully saturated rings. The first kappa shape index (κ1) is 21.2. The van der Waals surface area contributed by atoms with Crippen LogP contribution in [0.25, 0.3) is 0 Å². The van der Waals surface area contributed by atoms with Crippen molar-refractivity contribution in [1.82, 2.24) is 15.1 Å². The number of carbonyl (C=O) groups is 2. The molecule has 29 heavy (non-hydrogen) atoms. The molecule has 156 valence electrons. The van der Waals surface area contributed by atoms with Gasteiger partial charge < -0.3 is 19.5 Å². The van der Waals surface area contributed by atoms with Gasteiger partial charge in [0, 0.05) is 25.2 Å². The van der Waals surface area contributed by atoms with Gasteiger partial charge in [-0.05, 0) is 56.0 Å². The Morgan fingerprint density at radius 3 is 2.62 bits per heavy atom. The zero-order valence-corrected chi connectivity index (χ0v) is 17.9. The number of rotatable bonds is 6. The van der Waals surface area contributed by atoms with Crippen molar-refractivity contribution in [2.75, 3.05) is 13.6 Å². The second-order valence-electron chi connectivity index (χ2n) is 7.53. The first-order chi connectivity index (χ1) is 13.9. The molecule has 0 unspecified atom stereocenters. The molecule has 1 aliphatic heterocycles. The van der Waals surface area contributed by atoms with Crippen LogP contribution in [-0.2, 0) is 11.3 Å². The standard InChI is InChI=1S/C22H28ClN3O3/c1-4-18(20-12-7-15(2)29-20)24-22(28)26-13-5-6-19(26)21(27)25(3)14-16-8-10-17(23)11-9-16/h7-12,18-19H,4-6,13-14H2,1-3H3,(H,24,28)/t18-,19-/m1/s1. The molecule has 0 saturated carbocycles. The summed E-state index contributed by atoms with van der Waals surface area (Å²) in [5.74, 6) is 1.50. The topological polar surface area (TPSA) is 65.8 Å². The average Bonchev–Trinajstić information content (AvgIpc) is 3.36. The van der Waals surface area contributed by atoms with Gasteiger partial charge in [-0.3, -0.25) is 4.79 Å². The Bertz CT molecular complexity index is 849. The minimum absolute atomic E-state index is 0.0468. The molecule has 1 saturated heterocycles. The van der Waals surface area contributed by atoms with Gasteiger partial charge in [0.15, 0.2) is 0 Å². The molecule has 0 radical (unpaired) electrons. The van der Waals surface area contributed by atoms with Crippen LogP contribution in [0, 0.1) is 6.92 Å². The van der Waals surface area contributed by atoms with E-state index in [1.807, 2.05) is 50.2 Å². The number of benzene rings is 1. The number of urea groups is 1. The summed E-state index contributed by atoms with van der Waals surface area (Å²) in [6.45, 7) is 4.93. The fourth-order valence-electron chi connectivity index (χ4n) is 3.71. The normalized spacial score (nSPS) is 17.2. The predicted octanol–water partition coefficient (Wildman–Crippen LogP) is 4.53. The molecule has 1 N–H and O–H groups in total. The van der Waals surface area contributed by atoms with Crippen LogP contribution in [0.5, 0.6) is 0 Å². The highest BCUT2D eigenvalue weighted by Gasteiger charge is 2.36. The molecule has 2 aromatic rings. The third kappa shape index (κ3) is 5.12. The number of carbonyl (C=O) groups excluding carboxylic acids is 2. The quantitative estimate of drug-likeness (QED) is 0.751. The van der Waals surface area contributed by atoms with Gasteiger partial charge in [0.2, 0.25) is 5.91 Å². The van der Waals surface area contributed by atoms with E-state index in [2.05, 4.69) is 5.32 Å². The summed E-state index contributed by atoms with van der Waals surface area (Å²) in [6.07, 6.45) is 2.20. The molecule has 0 spiro atoms. The SMILES string of the molecule is CC[C@@H](NC(=O)N1CCC[C@@H]1C(=O)N(C)Cc1ccc(Cl)cc1)c1ccc(C)o1. The summed E-state index contributed by atoms with van der Waals surface area (Å²) in [5.41, 5.74) is 0.999. The molecule has 2 atom stereocenters. The van der Waals surface area contributed by atoms with Crippen LogP contribution >= 0.6 is 11.6 Å². The van der Waals surface area contributed by atoms with E-state index < -0.39 is 6.04 Å². The highest BCUT2D eigenvalue weighted by Crippen LogP contribution is 2.23. The molecular formula is C22H28ClN3O3. The zero-order chi connectivity index (χ0) is 21.0. The number of halogens is 1. The summed E-state index contributed by atoms with van der Waals surface area (Å²) in [6, 6.07) is 10.3. The minimum atomic E-state index is -0.442. The van der Waals surface area contributed by atoms with Gasteiger partial charge in [0.1, 0.15) is 17.6 Å². The maximum atomic E-state index is 13.0. The van der Waals surface area contributed by atoms with Crippen molar-refractivity contribution in [2.24, 2.45) is 0 Å². The average molecular weight is 418 g/mol. The number of nitrogens with zero attached hydrogens (tertiary/aromatic N) is 2. The zero-order valence-electron chi connectivity index (χ0n) is 17.2. The summed E-state index contributed by atoms with van der Waals surface area (Å²) in [4.78, 5) is 29.3. The molecule has 2 heterocycles. The number of furan rings is 1. The summed E-state index contributed by atoms with van der Waals surface area (Å²) < 4.78 is 5.67. The van der Waals surface area contributed by atoms with Crippen molar-refractivity contribution in [2.45, 2.75) is 51.7 Å². The Morgan fingerprint density at radius 2 is 2.00 bits per heavy atom. The number of hydrogen-bond acceptors (Lipinski definition) is 3. The fourth-order valence-corrected chi connectivity index (χ4v) is 3.84. The van der Waals surface area contributed by atoms with Crippen molar-refractivity contribution < 1.29 is 14.0 Å². The molecular weight excluding hydrogens is 390 g/mol. The van der Waals surface area contributed by atoms with Gasteiger partial charge in [0.25, 0.3) is 0 Å². The number of nitrogens with one attached hydrogen (secondary N) is 1. The van der Waals surface area contributed by atoms with E-state index in [4.69, 9.17) is 16.0 Å². The van der Waals surface area contributed by atoms with Gasteiger partial charge in [-0.15, -0.1) is 0 Å². The molecule has 7 heteroatoms.